The van der Waals surface area contributed by atoms with Crippen LogP contribution in [-0.2, 0) is 10.1 Å². The highest BCUT2D eigenvalue weighted by atomic mass is 35.5. The zero-order valence-corrected chi connectivity index (χ0v) is 16.1. The number of hydrogen-bond donors (Lipinski definition) is 0. The molecule has 4 aromatic rings. The van der Waals surface area contributed by atoms with E-state index in [-0.39, 0.29) is 10.8 Å². The second kappa shape index (κ2) is 7.50. The lowest BCUT2D eigenvalue weighted by Gasteiger charge is -2.10. The van der Waals surface area contributed by atoms with E-state index in [1.54, 1.807) is 48.5 Å². The van der Waals surface area contributed by atoms with Crippen LogP contribution in [0.1, 0.15) is 0 Å². The summed E-state index contributed by atoms with van der Waals surface area (Å²) >= 11 is 6.31. The SMILES string of the molecule is O=S(=O)(Oc1cc(-c2ccccc2)nn1-c1ccccc1Cl)c1ccccc1. The minimum Gasteiger partial charge on any atom is -0.358 e. The molecule has 0 atom stereocenters. The van der Waals surface area contributed by atoms with E-state index in [4.69, 9.17) is 15.8 Å². The summed E-state index contributed by atoms with van der Waals surface area (Å²) in [6.45, 7) is 0. The third-order valence-corrected chi connectivity index (χ3v) is 5.61. The molecule has 0 aliphatic heterocycles. The maximum atomic E-state index is 12.7. The van der Waals surface area contributed by atoms with Crippen molar-refractivity contribution in [3.63, 3.8) is 0 Å². The Morgan fingerprint density at radius 2 is 1.43 bits per heavy atom. The van der Waals surface area contributed by atoms with E-state index in [0.29, 0.717) is 16.4 Å². The Hall–Kier alpha value is -3.09. The molecule has 4 rings (SSSR count). The molecule has 5 nitrogen and oxygen atoms in total. The van der Waals surface area contributed by atoms with Crippen LogP contribution in [0.4, 0.5) is 0 Å². The molecule has 0 aliphatic rings. The van der Waals surface area contributed by atoms with Crippen molar-refractivity contribution in [2.24, 2.45) is 0 Å². The molecule has 0 fully saturated rings. The fraction of sp³-hybridized carbons (Fsp3) is 0. The average Bonchev–Trinajstić information content (AvgIpc) is 3.12. The second-order valence-corrected chi connectivity index (χ2v) is 7.90. The third-order valence-electron chi connectivity index (χ3n) is 4.05. The topological polar surface area (TPSA) is 61.2 Å². The highest BCUT2D eigenvalue weighted by molar-refractivity contribution is 7.87. The van der Waals surface area contributed by atoms with Crippen molar-refractivity contribution in [1.29, 1.82) is 0 Å². The van der Waals surface area contributed by atoms with Gasteiger partial charge in [-0.25, -0.2) is 0 Å². The van der Waals surface area contributed by atoms with Gasteiger partial charge >= 0.3 is 10.1 Å². The predicted molar refractivity (Wildman–Crippen MR) is 108 cm³/mol. The van der Waals surface area contributed by atoms with Gasteiger partial charge in [0.25, 0.3) is 0 Å². The lowest BCUT2D eigenvalue weighted by molar-refractivity contribution is 0.465. The molecule has 0 aliphatic carbocycles. The van der Waals surface area contributed by atoms with E-state index in [1.807, 2.05) is 30.3 Å². The van der Waals surface area contributed by atoms with Gasteiger partial charge in [-0.2, -0.15) is 18.2 Å². The van der Waals surface area contributed by atoms with E-state index in [0.717, 1.165) is 5.56 Å². The Morgan fingerprint density at radius 1 is 0.821 bits per heavy atom. The minimum absolute atomic E-state index is 0.0517. The quantitative estimate of drug-likeness (QED) is 0.436. The van der Waals surface area contributed by atoms with E-state index >= 15 is 0 Å². The van der Waals surface area contributed by atoms with Gasteiger partial charge < -0.3 is 4.18 Å². The summed E-state index contributed by atoms with van der Waals surface area (Å²) in [6, 6.07) is 26.0. The first-order valence-electron chi connectivity index (χ1n) is 8.44. The fourth-order valence-electron chi connectivity index (χ4n) is 2.72. The maximum absolute atomic E-state index is 12.7. The first-order valence-corrected chi connectivity index (χ1v) is 10.2. The van der Waals surface area contributed by atoms with Crippen molar-refractivity contribution in [2.45, 2.75) is 4.90 Å². The highest BCUT2D eigenvalue weighted by Gasteiger charge is 2.22. The summed E-state index contributed by atoms with van der Waals surface area (Å²) < 4.78 is 32.3. The van der Waals surface area contributed by atoms with Crippen molar-refractivity contribution in [1.82, 2.24) is 9.78 Å². The first-order chi connectivity index (χ1) is 13.5. The maximum Gasteiger partial charge on any atom is 0.340 e. The van der Waals surface area contributed by atoms with Crippen LogP contribution < -0.4 is 4.18 Å². The summed E-state index contributed by atoms with van der Waals surface area (Å²) in [7, 11) is -4.03. The molecule has 0 N–H and O–H groups in total. The monoisotopic (exact) mass is 410 g/mol. The molecule has 0 radical (unpaired) electrons. The molecule has 1 heterocycles. The summed E-state index contributed by atoms with van der Waals surface area (Å²) in [5.74, 6) is 0.0517. The van der Waals surface area contributed by atoms with Gasteiger partial charge in [0.2, 0.25) is 5.88 Å². The van der Waals surface area contributed by atoms with Gasteiger partial charge in [-0.05, 0) is 24.3 Å². The molecule has 0 bridgehead atoms. The third kappa shape index (κ3) is 3.65. The number of rotatable bonds is 5. The largest absolute Gasteiger partial charge is 0.358 e. The normalized spacial score (nSPS) is 11.3. The van der Waals surface area contributed by atoms with Crippen LogP contribution in [0, 0.1) is 0 Å². The zero-order chi connectivity index (χ0) is 19.6. The van der Waals surface area contributed by atoms with Gasteiger partial charge in [-0.15, -0.1) is 0 Å². The number of halogens is 1. The lowest BCUT2D eigenvalue weighted by atomic mass is 10.2. The molecule has 0 unspecified atom stereocenters. The molecule has 7 heteroatoms. The van der Waals surface area contributed by atoms with E-state index in [1.165, 1.54) is 16.8 Å². The Bertz CT molecular complexity index is 1210. The molecule has 0 saturated carbocycles. The molecular weight excluding hydrogens is 396 g/mol. The van der Waals surface area contributed by atoms with Crippen LogP contribution in [0.5, 0.6) is 5.88 Å². The Balaban J connectivity index is 1.84. The van der Waals surface area contributed by atoms with Crippen LogP contribution in [0.2, 0.25) is 5.02 Å². The zero-order valence-electron chi connectivity index (χ0n) is 14.6. The molecule has 140 valence electrons. The van der Waals surface area contributed by atoms with Gasteiger partial charge in [0.1, 0.15) is 4.90 Å². The van der Waals surface area contributed by atoms with Crippen molar-refractivity contribution in [2.75, 3.05) is 0 Å². The van der Waals surface area contributed by atoms with Crippen LogP contribution in [0.25, 0.3) is 16.9 Å². The average molecular weight is 411 g/mol. The number of benzene rings is 3. The highest BCUT2D eigenvalue weighted by Crippen LogP contribution is 2.31. The van der Waals surface area contributed by atoms with Crippen LogP contribution in [0.3, 0.4) is 0 Å². The number of para-hydroxylation sites is 1. The van der Waals surface area contributed by atoms with Gasteiger partial charge in [0.15, 0.2) is 0 Å². The standard InChI is InChI=1S/C21H15ClN2O3S/c22-18-13-7-8-14-20(18)24-21(15-19(23-24)16-9-3-1-4-10-16)27-28(25,26)17-11-5-2-6-12-17/h1-15H. The predicted octanol–water partition coefficient (Wildman–Crippen LogP) is 4.96. The van der Waals surface area contributed by atoms with Crippen molar-refractivity contribution < 1.29 is 12.6 Å². The van der Waals surface area contributed by atoms with Crippen molar-refractivity contribution in [3.8, 4) is 22.8 Å². The minimum atomic E-state index is -4.03. The smallest absolute Gasteiger partial charge is 0.340 e. The van der Waals surface area contributed by atoms with Crippen LogP contribution in [-0.4, -0.2) is 18.2 Å². The first kappa shape index (κ1) is 18.3. The van der Waals surface area contributed by atoms with Gasteiger partial charge in [0, 0.05) is 11.6 Å². The molecule has 28 heavy (non-hydrogen) atoms. The van der Waals surface area contributed by atoms with Crippen molar-refractivity contribution >= 4 is 21.7 Å². The molecule has 3 aromatic carbocycles. The number of aromatic nitrogens is 2. The molecular formula is C21H15ClN2O3S. The Morgan fingerprint density at radius 3 is 2.11 bits per heavy atom. The van der Waals surface area contributed by atoms with Gasteiger partial charge in [-0.1, -0.05) is 72.3 Å². The van der Waals surface area contributed by atoms with Gasteiger partial charge in [-0.3, -0.25) is 0 Å². The molecule has 1 aromatic heterocycles. The van der Waals surface area contributed by atoms with Crippen molar-refractivity contribution in [3.05, 3.63) is 96.0 Å². The fourth-order valence-corrected chi connectivity index (χ4v) is 3.86. The number of hydrogen-bond acceptors (Lipinski definition) is 4. The van der Waals surface area contributed by atoms with Gasteiger partial charge in [0.05, 0.1) is 16.4 Å². The lowest BCUT2D eigenvalue weighted by Crippen LogP contribution is -2.12. The molecule has 0 spiro atoms. The summed E-state index contributed by atoms with van der Waals surface area (Å²) in [4.78, 5) is 0.0585. The number of nitrogens with zero attached hydrogens (tertiary/aromatic N) is 2. The second-order valence-electron chi connectivity index (χ2n) is 5.95. The Kier molecular flexibility index (Phi) is 4.90. The molecule has 0 saturated heterocycles. The van der Waals surface area contributed by atoms with E-state index in [9.17, 15) is 8.42 Å². The van der Waals surface area contributed by atoms with E-state index in [2.05, 4.69) is 5.10 Å². The summed E-state index contributed by atoms with van der Waals surface area (Å²) in [5.41, 5.74) is 1.92. The van der Waals surface area contributed by atoms with Crippen LogP contribution >= 0.6 is 11.6 Å². The summed E-state index contributed by atoms with van der Waals surface area (Å²) in [5, 5.41) is 4.96. The Labute approximate surface area is 167 Å². The molecule has 0 amide bonds. The summed E-state index contributed by atoms with van der Waals surface area (Å²) in [6.07, 6.45) is 0. The van der Waals surface area contributed by atoms with E-state index < -0.39 is 10.1 Å². The van der Waals surface area contributed by atoms with Crippen LogP contribution in [0.15, 0.2) is 95.9 Å².